The standard InChI is InChI=1S/C10H13N3O2S/c1-15-10(14)8-9(11)12-6-7(13-8)4-2-3-5-16/h2,4,6,16H,3,5H2,1H3,(H2,11,12). The first-order valence-corrected chi connectivity index (χ1v) is 5.30. The van der Waals surface area contributed by atoms with Crippen LogP contribution in [0.5, 0.6) is 0 Å². The van der Waals surface area contributed by atoms with E-state index >= 15 is 0 Å². The number of thiol groups is 1. The van der Waals surface area contributed by atoms with Crippen LogP contribution in [-0.2, 0) is 4.74 Å². The summed E-state index contributed by atoms with van der Waals surface area (Å²) < 4.78 is 4.54. The van der Waals surface area contributed by atoms with Gasteiger partial charge in [-0.2, -0.15) is 12.6 Å². The van der Waals surface area contributed by atoms with Crippen LogP contribution in [0.25, 0.3) is 6.08 Å². The van der Waals surface area contributed by atoms with Gasteiger partial charge in [-0.25, -0.2) is 14.8 Å². The summed E-state index contributed by atoms with van der Waals surface area (Å²) >= 11 is 4.07. The zero-order valence-electron chi connectivity index (χ0n) is 8.88. The molecule has 6 heteroatoms. The lowest BCUT2D eigenvalue weighted by atomic mass is 10.3. The highest BCUT2D eigenvalue weighted by molar-refractivity contribution is 7.80. The molecule has 16 heavy (non-hydrogen) atoms. The number of anilines is 1. The molecule has 0 aromatic carbocycles. The SMILES string of the molecule is COC(=O)c1nc(C=CCCS)cnc1N. The van der Waals surface area contributed by atoms with E-state index in [-0.39, 0.29) is 11.5 Å². The summed E-state index contributed by atoms with van der Waals surface area (Å²) in [6.07, 6.45) is 5.98. The van der Waals surface area contributed by atoms with E-state index in [1.165, 1.54) is 13.3 Å². The Kier molecular flexibility index (Phi) is 4.78. The van der Waals surface area contributed by atoms with Crippen LogP contribution in [0, 0.1) is 0 Å². The minimum Gasteiger partial charge on any atom is -0.464 e. The smallest absolute Gasteiger partial charge is 0.360 e. The van der Waals surface area contributed by atoms with E-state index in [1.807, 2.05) is 6.08 Å². The molecule has 0 radical (unpaired) electrons. The topological polar surface area (TPSA) is 78.1 Å². The number of allylic oxidation sites excluding steroid dienone is 1. The van der Waals surface area contributed by atoms with Crippen LogP contribution in [0.3, 0.4) is 0 Å². The third-order valence-corrected chi connectivity index (χ3v) is 2.04. The third kappa shape index (κ3) is 3.23. The normalized spacial score (nSPS) is 10.6. The van der Waals surface area contributed by atoms with Gasteiger partial charge in [0.05, 0.1) is 19.0 Å². The Morgan fingerprint density at radius 1 is 1.69 bits per heavy atom. The van der Waals surface area contributed by atoms with Crippen LogP contribution >= 0.6 is 12.6 Å². The number of carbonyl (C=O) groups is 1. The second kappa shape index (κ2) is 6.12. The summed E-state index contributed by atoms with van der Waals surface area (Å²) in [6, 6.07) is 0. The Morgan fingerprint density at radius 3 is 3.06 bits per heavy atom. The number of esters is 1. The third-order valence-electron chi connectivity index (χ3n) is 1.78. The van der Waals surface area contributed by atoms with Crippen LogP contribution in [-0.4, -0.2) is 28.8 Å². The van der Waals surface area contributed by atoms with Crippen LogP contribution in [0.1, 0.15) is 22.6 Å². The summed E-state index contributed by atoms with van der Waals surface area (Å²) in [4.78, 5) is 19.2. The van der Waals surface area contributed by atoms with E-state index in [0.29, 0.717) is 5.69 Å². The lowest BCUT2D eigenvalue weighted by Gasteiger charge is -2.02. The number of aromatic nitrogens is 2. The molecule has 0 amide bonds. The summed E-state index contributed by atoms with van der Waals surface area (Å²) in [5, 5.41) is 0. The number of methoxy groups -OCH3 is 1. The van der Waals surface area contributed by atoms with E-state index in [2.05, 4.69) is 27.3 Å². The zero-order chi connectivity index (χ0) is 12.0. The zero-order valence-corrected chi connectivity index (χ0v) is 9.78. The Morgan fingerprint density at radius 2 is 2.44 bits per heavy atom. The average molecular weight is 239 g/mol. The fraction of sp³-hybridized carbons (Fsp3) is 0.300. The number of nitrogen functional groups attached to an aromatic ring is 1. The molecule has 0 fully saturated rings. The molecule has 0 aliphatic rings. The second-order valence-corrected chi connectivity index (χ2v) is 3.38. The molecule has 1 aromatic heterocycles. The number of rotatable bonds is 4. The molecule has 0 spiro atoms. The van der Waals surface area contributed by atoms with Crippen molar-refractivity contribution in [2.75, 3.05) is 18.6 Å². The summed E-state index contributed by atoms with van der Waals surface area (Å²) in [7, 11) is 1.27. The minimum absolute atomic E-state index is 0.0375. The molecule has 0 aliphatic heterocycles. The van der Waals surface area contributed by atoms with Gasteiger partial charge >= 0.3 is 5.97 Å². The molecule has 1 heterocycles. The van der Waals surface area contributed by atoms with Gasteiger partial charge in [0.15, 0.2) is 11.5 Å². The van der Waals surface area contributed by atoms with Crippen molar-refractivity contribution < 1.29 is 9.53 Å². The number of nitrogens with zero attached hydrogens (tertiary/aromatic N) is 2. The van der Waals surface area contributed by atoms with Gasteiger partial charge in [0.2, 0.25) is 0 Å². The largest absolute Gasteiger partial charge is 0.464 e. The number of nitrogens with two attached hydrogens (primary N) is 1. The number of hydrogen-bond acceptors (Lipinski definition) is 6. The molecule has 5 nitrogen and oxygen atoms in total. The van der Waals surface area contributed by atoms with E-state index in [0.717, 1.165) is 12.2 Å². The van der Waals surface area contributed by atoms with Gasteiger partial charge in [-0.15, -0.1) is 0 Å². The summed E-state index contributed by atoms with van der Waals surface area (Å²) in [6.45, 7) is 0. The average Bonchev–Trinajstić information content (AvgIpc) is 2.30. The number of hydrogen-bond donors (Lipinski definition) is 2. The van der Waals surface area contributed by atoms with Gasteiger partial charge in [0, 0.05) is 0 Å². The fourth-order valence-electron chi connectivity index (χ4n) is 1.02. The Hall–Kier alpha value is -1.56. The first-order chi connectivity index (χ1) is 7.69. The molecule has 0 bridgehead atoms. The molecule has 2 N–H and O–H groups in total. The molecular formula is C10H13N3O2S. The monoisotopic (exact) mass is 239 g/mol. The molecular weight excluding hydrogens is 226 g/mol. The van der Waals surface area contributed by atoms with E-state index in [4.69, 9.17) is 5.73 Å². The maximum atomic E-state index is 11.3. The van der Waals surface area contributed by atoms with Crippen LogP contribution in [0.2, 0.25) is 0 Å². The quantitative estimate of drug-likeness (QED) is 0.609. The Balaban J connectivity index is 2.93. The van der Waals surface area contributed by atoms with E-state index in [9.17, 15) is 4.79 Å². The van der Waals surface area contributed by atoms with Crippen molar-refractivity contribution in [2.24, 2.45) is 0 Å². The van der Waals surface area contributed by atoms with Crippen molar-refractivity contribution in [1.29, 1.82) is 0 Å². The molecule has 0 saturated heterocycles. The van der Waals surface area contributed by atoms with Gasteiger partial charge in [-0.05, 0) is 18.2 Å². The molecule has 0 unspecified atom stereocenters. The summed E-state index contributed by atoms with van der Waals surface area (Å²) in [5.41, 5.74) is 6.11. The predicted octanol–water partition coefficient (Wildman–Crippen LogP) is 1.18. The first kappa shape index (κ1) is 12.5. The van der Waals surface area contributed by atoms with Gasteiger partial charge in [-0.3, -0.25) is 0 Å². The summed E-state index contributed by atoms with van der Waals surface area (Å²) in [5.74, 6) is 0.232. The van der Waals surface area contributed by atoms with Crippen LogP contribution < -0.4 is 5.73 Å². The second-order valence-electron chi connectivity index (χ2n) is 2.93. The predicted molar refractivity (Wildman–Crippen MR) is 65.3 cm³/mol. The number of ether oxygens (including phenoxy) is 1. The number of carbonyl (C=O) groups excluding carboxylic acids is 1. The Labute approximate surface area is 99.1 Å². The lowest BCUT2D eigenvalue weighted by molar-refractivity contribution is 0.0595. The van der Waals surface area contributed by atoms with Gasteiger partial charge in [0.1, 0.15) is 0 Å². The van der Waals surface area contributed by atoms with Crippen molar-refractivity contribution >= 4 is 30.5 Å². The van der Waals surface area contributed by atoms with Gasteiger partial charge < -0.3 is 10.5 Å². The molecule has 0 atom stereocenters. The van der Waals surface area contributed by atoms with Gasteiger partial charge in [0.25, 0.3) is 0 Å². The van der Waals surface area contributed by atoms with Gasteiger partial charge in [-0.1, -0.05) is 6.08 Å². The molecule has 0 saturated carbocycles. The maximum absolute atomic E-state index is 11.3. The van der Waals surface area contributed by atoms with Crippen molar-refractivity contribution in [1.82, 2.24) is 9.97 Å². The Bertz CT molecular complexity index is 407. The van der Waals surface area contributed by atoms with Crippen molar-refractivity contribution in [3.8, 4) is 0 Å². The molecule has 1 aromatic rings. The van der Waals surface area contributed by atoms with E-state index in [1.54, 1.807) is 6.08 Å². The highest BCUT2D eigenvalue weighted by Gasteiger charge is 2.12. The maximum Gasteiger partial charge on any atom is 0.360 e. The molecule has 1 rings (SSSR count). The van der Waals surface area contributed by atoms with Crippen molar-refractivity contribution in [3.63, 3.8) is 0 Å². The minimum atomic E-state index is -0.588. The first-order valence-electron chi connectivity index (χ1n) is 4.67. The van der Waals surface area contributed by atoms with Crippen LogP contribution in [0.15, 0.2) is 12.3 Å². The fourth-order valence-corrected chi connectivity index (χ4v) is 1.17. The van der Waals surface area contributed by atoms with E-state index < -0.39 is 5.97 Å². The van der Waals surface area contributed by atoms with Crippen molar-refractivity contribution in [2.45, 2.75) is 6.42 Å². The van der Waals surface area contributed by atoms with Crippen molar-refractivity contribution in [3.05, 3.63) is 23.7 Å². The molecule has 86 valence electrons. The van der Waals surface area contributed by atoms with Crippen LogP contribution in [0.4, 0.5) is 5.82 Å². The lowest BCUT2D eigenvalue weighted by Crippen LogP contribution is -2.10. The highest BCUT2D eigenvalue weighted by Crippen LogP contribution is 2.08. The highest BCUT2D eigenvalue weighted by atomic mass is 32.1. The molecule has 0 aliphatic carbocycles.